The Bertz CT molecular complexity index is 234. The van der Waals surface area contributed by atoms with Gasteiger partial charge in [-0.2, -0.15) is 12.6 Å². The maximum atomic E-state index is 11.4. The normalized spacial score (nSPS) is 12.1. The number of hydrogen-bond donors (Lipinski definition) is 3. The number of rotatable bonds is 10. The summed E-state index contributed by atoms with van der Waals surface area (Å²) in [5.74, 6) is -1.10. The van der Waals surface area contributed by atoms with E-state index in [4.69, 9.17) is 5.11 Å². The van der Waals surface area contributed by atoms with Gasteiger partial charge in [0.2, 0.25) is 5.91 Å². The highest BCUT2D eigenvalue weighted by Gasteiger charge is 2.17. The van der Waals surface area contributed by atoms with E-state index in [9.17, 15) is 9.59 Å². The average molecular weight is 261 g/mol. The SMILES string of the molecule is CCCCCCCCC(=O)N[C@@H](CS)C(=O)O. The van der Waals surface area contributed by atoms with Crippen LogP contribution in [0.25, 0.3) is 0 Å². The molecular formula is C12H23NO3S. The fraction of sp³-hybridized carbons (Fsp3) is 0.833. The summed E-state index contributed by atoms with van der Waals surface area (Å²) in [5.41, 5.74) is 0. The van der Waals surface area contributed by atoms with Crippen molar-refractivity contribution >= 4 is 24.5 Å². The van der Waals surface area contributed by atoms with Gasteiger partial charge in [0, 0.05) is 12.2 Å². The molecule has 0 fully saturated rings. The molecule has 0 aromatic heterocycles. The van der Waals surface area contributed by atoms with Crippen molar-refractivity contribution in [2.75, 3.05) is 5.75 Å². The van der Waals surface area contributed by atoms with Gasteiger partial charge in [0.15, 0.2) is 0 Å². The van der Waals surface area contributed by atoms with Crippen LogP contribution in [0.2, 0.25) is 0 Å². The lowest BCUT2D eigenvalue weighted by Crippen LogP contribution is -2.42. The van der Waals surface area contributed by atoms with Gasteiger partial charge in [0.25, 0.3) is 0 Å². The monoisotopic (exact) mass is 261 g/mol. The molecule has 2 N–H and O–H groups in total. The van der Waals surface area contributed by atoms with Crippen molar-refractivity contribution in [2.24, 2.45) is 0 Å². The second-order valence-electron chi connectivity index (χ2n) is 4.16. The van der Waals surface area contributed by atoms with E-state index in [1.54, 1.807) is 0 Å². The fourth-order valence-corrected chi connectivity index (χ4v) is 1.77. The molecule has 0 aromatic rings. The van der Waals surface area contributed by atoms with Gasteiger partial charge in [-0.3, -0.25) is 4.79 Å². The topological polar surface area (TPSA) is 66.4 Å². The zero-order valence-corrected chi connectivity index (χ0v) is 11.3. The number of thiol groups is 1. The molecule has 0 radical (unpaired) electrons. The third-order valence-corrected chi connectivity index (χ3v) is 2.94. The smallest absolute Gasteiger partial charge is 0.327 e. The highest BCUT2D eigenvalue weighted by molar-refractivity contribution is 7.80. The number of nitrogens with one attached hydrogen (secondary N) is 1. The summed E-state index contributed by atoms with van der Waals surface area (Å²) in [6.45, 7) is 2.16. The van der Waals surface area contributed by atoms with Crippen molar-refractivity contribution < 1.29 is 14.7 Å². The first kappa shape index (κ1) is 16.3. The molecule has 0 aliphatic carbocycles. The predicted octanol–water partition coefficient (Wildman–Crippen LogP) is 2.24. The lowest BCUT2D eigenvalue weighted by atomic mass is 10.1. The van der Waals surface area contributed by atoms with Crippen molar-refractivity contribution in [1.29, 1.82) is 0 Å². The van der Waals surface area contributed by atoms with Crippen LogP contribution in [0.5, 0.6) is 0 Å². The van der Waals surface area contributed by atoms with E-state index in [0.717, 1.165) is 19.3 Å². The van der Waals surface area contributed by atoms with Crippen LogP contribution in [-0.4, -0.2) is 28.8 Å². The molecule has 0 unspecified atom stereocenters. The standard InChI is InChI=1S/C12H23NO3S/c1-2-3-4-5-6-7-8-11(14)13-10(9-17)12(15)16/h10,17H,2-9H2,1H3,(H,13,14)(H,15,16)/t10-/m0/s1. The molecule has 0 aromatic carbocycles. The summed E-state index contributed by atoms with van der Waals surface area (Å²) < 4.78 is 0. The number of aliphatic carboxylic acids is 1. The zero-order valence-electron chi connectivity index (χ0n) is 10.4. The molecule has 1 atom stereocenters. The lowest BCUT2D eigenvalue weighted by molar-refractivity contribution is -0.141. The van der Waals surface area contributed by atoms with Crippen molar-refractivity contribution in [3.8, 4) is 0 Å². The van der Waals surface area contributed by atoms with Crippen LogP contribution in [-0.2, 0) is 9.59 Å². The van der Waals surface area contributed by atoms with E-state index >= 15 is 0 Å². The molecule has 0 rings (SSSR count). The Balaban J connectivity index is 3.55. The van der Waals surface area contributed by atoms with Gasteiger partial charge >= 0.3 is 5.97 Å². The van der Waals surface area contributed by atoms with Crippen molar-refractivity contribution in [3.63, 3.8) is 0 Å². The molecule has 1 amide bonds. The summed E-state index contributed by atoms with van der Waals surface area (Å²) in [6, 6.07) is -0.870. The summed E-state index contributed by atoms with van der Waals surface area (Å²) in [6.07, 6.45) is 7.09. The first-order valence-electron chi connectivity index (χ1n) is 6.24. The number of carbonyl (C=O) groups excluding carboxylic acids is 1. The first-order valence-corrected chi connectivity index (χ1v) is 6.88. The number of carbonyl (C=O) groups is 2. The third-order valence-electron chi connectivity index (χ3n) is 2.57. The summed E-state index contributed by atoms with van der Waals surface area (Å²) >= 11 is 3.88. The van der Waals surface area contributed by atoms with E-state index in [1.807, 2.05) is 0 Å². The summed E-state index contributed by atoms with van der Waals surface area (Å²) in [4.78, 5) is 22.0. The van der Waals surface area contributed by atoms with Gasteiger partial charge in [-0.25, -0.2) is 4.79 Å². The molecule has 100 valence electrons. The molecule has 0 aliphatic rings. The molecule has 0 saturated heterocycles. The highest BCUT2D eigenvalue weighted by Crippen LogP contribution is 2.06. The highest BCUT2D eigenvalue weighted by atomic mass is 32.1. The molecule has 5 heteroatoms. The van der Waals surface area contributed by atoms with Crippen LogP contribution >= 0.6 is 12.6 Å². The minimum atomic E-state index is -1.03. The average Bonchev–Trinajstić information content (AvgIpc) is 2.30. The lowest BCUT2D eigenvalue weighted by Gasteiger charge is -2.11. The van der Waals surface area contributed by atoms with E-state index in [2.05, 4.69) is 24.9 Å². The second-order valence-corrected chi connectivity index (χ2v) is 4.52. The maximum absolute atomic E-state index is 11.4. The van der Waals surface area contributed by atoms with Gasteiger partial charge in [-0.1, -0.05) is 39.0 Å². The largest absolute Gasteiger partial charge is 0.480 e. The molecule has 17 heavy (non-hydrogen) atoms. The van der Waals surface area contributed by atoms with Gasteiger partial charge in [0.1, 0.15) is 6.04 Å². The quantitative estimate of drug-likeness (QED) is 0.417. The predicted molar refractivity (Wildman–Crippen MR) is 71.4 cm³/mol. The Morgan fingerprint density at radius 2 is 1.76 bits per heavy atom. The van der Waals surface area contributed by atoms with Crippen LogP contribution in [0, 0.1) is 0 Å². The van der Waals surface area contributed by atoms with Crippen LogP contribution in [0.15, 0.2) is 0 Å². The third kappa shape index (κ3) is 9.03. The fourth-order valence-electron chi connectivity index (χ4n) is 1.52. The van der Waals surface area contributed by atoms with Crippen molar-refractivity contribution in [1.82, 2.24) is 5.32 Å². The number of unbranched alkanes of at least 4 members (excludes halogenated alkanes) is 5. The Morgan fingerprint density at radius 1 is 1.18 bits per heavy atom. The Labute approximate surface area is 109 Å². The number of carboxylic acid groups (broad SMARTS) is 1. The Hall–Kier alpha value is -0.710. The van der Waals surface area contributed by atoms with Crippen LogP contribution < -0.4 is 5.32 Å². The minimum absolute atomic E-state index is 0.123. The first-order chi connectivity index (χ1) is 8.11. The maximum Gasteiger partial charge on any atom is 0.327 e. The van der Waals surface area contributed by atoms with Gasteiger partial charge < -0.3 is 10.4 Å². The summed E-state index contributed by atoms with van der Waals surface area (Å²) in [7, 11) is 0. The molecule has 0 bridgehead atoms. The van der Waals surface area contributed by atoms with Crippen LogP contribution in [0.3, 0.4) is 0 Å². The van der Waals surface area contributed by atoms with Crippen LogP contribution in [0.1, 0.15) is 51.9 Å². The van der Waals surface area contributed by atoms with E-state index in [1.165, 1.54) is 19.3 Å². The molecule has 0 saturated carbocycles. The van der Waals surface area contributed by atoms with Gasteiger partial charge in [-0.05, 0) is 6.42 Å². The number of amides is 1. The van der Waals surface area contributed by atoms with Gasteiger partial charge in [0.05, 0.1) is 0 Å². The zero-order chi connectivity index (χ0) is 13.1. The molecule has 4 nitrogen and oxygen atoms in total. The number of hydrogen-bond acceptors (Lipinski definition) is 3. The van der Waals surface area contributed by atoms with E-state index < -0.39 is 12.0 Å². The Morgan fingerprint density at radius 3 is 2.29 bits per heavy atom. The Kier molecular flexibility index (Phi) is 10.0. The molecular weight excluding hydrogens is 238 g/mol. The molecule has 0 aliphatic heterocycles. The van der Waals surface area contributed by atoms with Crippen molar-refractivity contribution in [3.05, 3.63) is 0 Å². The van der Waals surface area contributed by atoms with E-state index in [-0.39, 0.29) is 11.7 Å². The van der Waals surface area contributed by atoms with E-state index in [0.29, 0.717) is 6.42 Å². The molecule has 0 heterocycles. The summed E-state index contributed by atoms with van der Waals surface area (Å²) in [5, 5.41) is 11.2. The second kappa shape index (κ2) is 10.4. The van der Waals surface area contributed by atoms with Gasteiger partial charge in [-0.15, -0.1) is 0 Å². The van der Waals surface area contributed by atoms with Crippen LogP contribution in [0.4, 0.5) is 0 Å². The molecule has 0 spiro atoms. The number of carboxylic acids is 1. The van der Waals surface area contributed by atoms with Crippen molar-refractivity contribution in [2.45, 2.75) is 57.9 Å². The minimum Gasteiger partial charge on any atom is -0.480 e.